The summed E-state index contributed by atoms with van der Waals surface area (Å²) in [5.41, 5.74) is 6.17. The van der Waals surface area contributed by atoms with Gasteiger partial charge in [0.25, 0.3) is 0 Å². The monoisotopic (exact) mass is 569 g/mol. The molecule has 0 radical (unpaired) electrons. The number of benzene rings is 3. The molecule has 4 aromatic rings. The van der Waals surface area contributed by atoms with Crippen LogP contribution in [-0.2, 0) is 42.6 Å². The van der Waals surface area contributed by atoms with Crippen LogP contribution in [0.1, 0.15) is 76.0 Å². The minimum Gasteiger partial charge on any atom is -0.491 e. The first-order valence-corrected chi connectivity index (χ1v) is 14.8. The Hall–Kier alpha value is -4.13. The molecule has 0 atom stereocenters. The number of hydrogen-bond donors (Lipinski definition) is 1. The Bertz CT molecular complexity index is 1570. The molecule has 3 aromatic carbocycles. The normalized spacial score (nSPS) is 11.7. The van der Waals surface area contributed by atoms with Crippen molar-refractivity contribution in [1.82, 2.24) is 14.3 Å². The van der Waals surface area contributed by atoms with Gasteiger partial charge < -0.3 is 9.84 Å². The van der Waals surface area contributed by atoms with Crippen LogP contribution in [0.3, 0.4) is 0 Å². The second-order valence-corrected chi connectivity index (χ2v) is 12.2. The highest BCUT2D eigenvalue weighted by atomic mass is 16.5. The molecule has 0 amide bonds. The number of rotatable bonds is 12. The Morgan fingerprint density at radius 2 is 1.67 bits per heavy atom. The van der Waals surface area contributed by atoms with E-state index in [2.05, 4.69) is 57.2 Å². The molecule has 42 heavy (non-hydrogen) atoms. The number of carboxylic acids is 1. The van der Waals surface area contributed by atoms with Crippen molar-refractivity contribution in [3.8, 4) is 16.9 Å². The highest BCUT2D eigenvalue weighted by Crippen LogP contribution is 2.29. The summed E-state index contributed by atoms with van der Waals surface area (Å²) in [5, 5.41) is 14.1. The minimum absolute atomic E-state index is 0.0396. The third kappa shape index (κ3) is 7.78. The maximum Gasteiger partial charge on any atom is 0.346 e. The number of aliphatic carboxylic acids is 1. The molecule has 0 unspecified atom stereocenters. The first kappa shape index (κ1) is 30.8. The molecule has 1 heterocycles. The zero-order valence-electron chi connectivity index (χ0n) is 25.7. The van der Waals surface area contributed by atoms with Gasteiger partial charge in [-0.3, -0.25) is 9.36 Å². The standard InChI is InChI=1S/C35H43N3O4/c1-7-37-32(36-38(34(37)41)23-26-14-17-30(18-15-26)35(4,5)6)13-9-11-25-10-8-12-27(20-25)28-16-19-31(42-24(2)3)29(21-28)22-33(39)40/h8,10,12,14-21,24H,7,9,11,13,22-23H2,1-6H3,(H,39,40). The summed E-state index contributed by atoms with van der Waals surface area (Å²) in [6, 6.07) is 22.5. The molecule has 0 aliphatic rings. The van der Waals surface area contributed by atoms with Gasteiger partial charge in [0.2, 0.25) is 0 Å². The van der Waals surface area contributed by atoms with Gasteiger partial charge >= 0.3 is 11.7 Å². The van der Waals surface area contributed by atoms with Gasteiger partial charge in [-0.25, -0.2) is 9.48 Å². The lowest BCUT2D eigenvalue weighted by atomic mass is 9.87. The summed E-state index contributed by atoms with van der Waals surface area (Å²) in [6.45, 7) is 13.5. The molecule has 1 aromatic heterocycles. The Balaban J connectivity index is 1.45. The van der Waals surface area contributed by atoms with Crippen LogP contribution >= 0.6 is 0 Å². The summed E-state index contributed by atoms with van der Waals surface area (Å²) >= 11 is 0. The Labute approximate surface area is 248 Å². The number of aromatic nitrogens is 3. The fourth-order valence-corrected chi connectivity index (χ4v) is 5.16. The van der Waals surface area contributed by atoms with Crippen LogP contribution < -0.4 is 10.4 Å². The van der Waals surface area contributed by atoms with Gasteiger partial charge in [-0.2, -0.15) is 5.10 Å². The maximum absolute atomic E-state index is 13.1. The van der Waals surface area contributed by atoms with E-state index in [1.54, 1.807) is 9.25 Å². The molecule has 0 saturated heterocycles. The summed E-state index contributed by atoms with van der Waals surface area (Å²) < 4.78 is 9.18. The molecule has 1 N–H and O–H groups in total. The molecule has 0 aliphatic heterocycles. The van der Waals surface area contributed by atoms with Crippen molar-refractivity contribution in [2.24, 2.45) is 0 Å². The average Bonchev–Trinajstić information content (AvgIpc) is 3.22. The first-order valence-electron chi connectivity index (χ1n) is 14.8. The van der Waals surface area contributed by atoms with E-state index in [0.29, 0.717) is 30.8 Å². The molecular formula is C35H43N3O4. The van der Waals surface area contributed by atoms with Crippen molar-refractivity contribution < 1.29 is 14.6 Å². The summed E-state index contributed by atoms with van der Waals surface area (Å²) in [5.74, 6) is 0.528. The van der Waals surface area contributed by atoms with E-state index < -0.39 is 5.97 Å². The third-order valence-corrected chi connectivity index (χ3v) is 7.36. The van der Waals surface area contributed by atoms with Crippen molar-refractivity contribution in [2.45, 2.75) is 91.8 Å². The SMILES string of the molecule is CCn1c(CCCc2cccc(-c3ccc(OC(C)C)c(CC(=O)O)c3)c2)nn(Cc2ccc(C(C)(C)C)cc2)c1=O. The first-order chi connectivity index (χ1) is 19.9. The molecule has 0 saturated carbocycles. The van der Waals surface area contributed by atoms with E-state index in [1.165, 1.54) is 11.1 Å². The van der Waals surface area contributed by atoms with Gasteiger partial charge in [-0.05, 0) is 79.0 Å². The molecular weight excluding hydrogens is 526 g/mol. The molecule has 0 fully saturated rings. The van der Waals surface area contributed by atoms with Gasteiger partial charge in [-0.1, -0.05) is 75.4 Å². The van der Waals surface area contributed by atoms with E-state index in [-0.39, 0.29) is 23.6 Å². The van der Waals surface area contributed by atoms with Crippen LogP contribution in [0.5, 0.6) is 5.75 Å². The molecule has 7 nitrogen and oxygen atoms in total. The van der Waals surface area contributed by atoms with Crippen LogP contribution in [0, 0.1) is 0 Å². The summed E-state index contributed by atoms with van der Waals surface area (Å²) in [4.78, 5) is 24.5. The second-order valence-electron chi connectivity index (χ2n) is 12.2. The third-order valence-electron chi connectivity index (χ3n) is 7.36. The highest BCUT2D eigenvalue weighted by Gasteiger charge is 2.16. The molecule has 0 spiro atoms. The average molecular weight is 570 g/mol. The number of carbonyl (C=O) groups is 1. The predicted molar refractivity (Wildman–Crippen MR) is 167 cm³/mol. The fraction of sp³-hybridized carbons (Fsp3) is 0.400. The van der Waals surface area contributed by atoms with Gasteiger partial charge in [0.15, 0.2) is 0 Å². The Morgan fingerprint density at radius 1 is 0.952 bits per heavy atom. The van der Waals surface area contributed by atoms with Crippen LogP contribution in [0.4, 0.5) is 0 Å². The number of ether oxygens (including phenoxy) is 1. The fourth-order valence-electron chi connectivity index (χ4n) is 5.16. The van der Waals surface area contributed by atoms with Crippen LogP contribution in [0.15, 0.2) is 71.5 Å². The lowest BCUT2D eigenvalue weighted by Gasteiger charge is -2.19. The largest absolute Gasteiger partial charge is 0.491 e. The van der Waals surface area contributed by atoms with E-state index in [4.69, 9.17) is 9.84 Å². The predicted octanol–water partition coefficient (Wildman–Crippen LogP) is 6.67. The maximum atomic E-state index is 13.1. The quantitative estimate of drug-likeness (QED) is 0.206. The molecule has 0 aliphatic carbocycles. The number of aryl methyl sites for hydroxylation is 2. The van der Waals surface area contributed by atoms with Gasteiger partial charge in [-0.15, -0.1) is 0 Å². The van der Waals surface area contributed by atoms with E-state index >= 15 is 0 Å². The molecule has 7 heteroatoms. The van der Waals surface area contributed by atoms with Crippen LogP contribution in [0.25, 0.3) is 11.1 Å². The number of hydrogen-bond acceptors (Lipinski definition) is 4. The zero-order valence-corrected chi connectivity index (χ0v) is 25.7. The highest BCUT2D eigenvalue weighted by molar-refractivity contribution is 5.74. The molecule has 0 bridgehead atoms. The topological polar surface area (TPSA) is 86.3 Å². The van der Waals surface area contributed by atoms with Gasteiger partial charge in [0.1, 0.15) is 11.6 Å². The van der Waals surface area contributed by atoms with Gasteiger partial charge in [0.05, 0.1) is 19.1 Å². The van der Waals surface area contributed by atoms with E-state index in [1.807, 2.05) is 51.1 Å². The van der Waals surface area contributed by atoms with Crippen molar-refractivity contribution >= 4 is 5.97 Å². The molecule has 222 valence electrons. The van der Waals surface area contributed by atoms with Crippen molar-refractivity contribution in [2.75, 3.05) is 0 Å². The lowest BCUT2D eigenvalue weighted by molar-refractivity contribution is -0.136. The number of nitrogens with zero attached hydrogens (tertiary/aromatic N) is 3. The van der Waals surface area contributed by atoms with Crippen LogP contribution in [0.2, 0.25) is 0 Å². The lowest BCUT2D eigenvalue weighted by Crippen LogP contribution is -2.25. The number of carboxylic acid groups (broad SMARTS) is 1. The van der Waals surface area contributed by atoms with Crippen LogP contribution in [-0.4, -0.2) is 31.5 Å². The smallest absolute Gasteiger partial charge is 0.346 e. The Kier molecular flexibility index (Phi) is 9.71. The molecule has 4 rings (SSSR count). The summed E-state index contributed by atoms with van der Waals surface area (Å²) in [6.07, 6.45) is 2.26. The van der Waals surface area contributed by atoms with Gasteiger partial charge in [0, 0.05) is 18.5 Å². The minimum atomic E-state index is -0.888. The Morgan fingerprint density at radius 3 is 2.31 bits per heavy atom. The van der Waals surface area contributed by atoms with Crippen molar-refractivity contribution in [3.63, 3.8) is 0 Å². The van der Waals surface area contributed by atoms with Crippen molar-refractivity contribution in [1.29, 1.82) is 0 Å². The van der Waals surface area contributed by atoms with E-state index in [0.717, 1.165) is 35.4 Å². The van der Waals surface area contributed by atoms with E-state index in [9.17, 15) is 14.7 Å². The zero-order chi connectivity index (χ0) is 30.4. The van der Waals surface area contributed by atoms with Crippen molar-refractivity contribution in [3.05, 3.63) is 105 Å². The summed E-state index contributed by atoms with van der Waals surface area (Å²) in [7, 11) is 0. The second kappa shape index (κ2) is 13.2.